The molecule has 1 amide bonds. The maximum atomic E-state index is 12.1. The molecule has 2 aromatic carbocycles. The zero-order valence-corrected chi connectivity index (χ0v) is 23.3. The summed E-state index contributed by atoms with van der Waals surface area (Å²) in [5.74, 6) is -2.01. The number of aromatic carboxylic acids is 2. The van der Waals surface area contributed by atoms with Gasteiger partial charge in [-0.15, -0.1) is 0 Å². The lowest BCUT2D eigenvalue weighted by Crippen LogP contribution is -2.29. The van der Waals surface area contributed by atoms with E-state index in [-0.39, 0.29) is 23.6 Å². The minimum atomic E-state index is -1.25. The number of amides is 1. The number of carboxylic acid groups (broad SMARTS) is 2. The Labute approximate surface area is 245 Å². The number of furan rings is 1. The van der Waals surface area contributed by atoms with E-state index in [0.717, 1.165) is 17.3 Å². The molecule has 0 saturated carbocycles. The van der Waals surface area contributed by atoms with Gasteiger partial charge in [-0.3, -0.25) is 9.78 Å². The van der Waals surface area contributed by atoms with E-state index in [2.05, 4.69) is 15.6 Å². The van der Waals surface area contributed by atoms with E-state index in [1.54, 1.807) is 24.4 Å². The minimum absolute atomic E-state index is 0.0701. The fraction of sp³-hybridized carbons (Fsp3) is 0.167. The fourth-order valence-corrected chi connectivity index (χ4v) is 5.21. The van der Waals surface area contributed by atoms with Crippen LogP contribution in [-0.4, -0.2) is 51.9 Å². The van der Waals surface area contributed by atoms with Crippen molar-refractivity contribution in [2.45, 2.75) is 19.0 Å². The Morgan fingerprint density at radius 2 is 1.79 bits per heavy atom. The average Bonchev–Trinajstić information content (AvgIpc) is 3.59. The number of rotatable bonds is 9. The van der Waals surface area contributed by atoms with Crippen molar-refractivity contribution in [2.75, 3.05) is 23.9 Å². The highest BCUT2D eigenvalue weighted by atomic mass is 32.1. The second kappa shape index (κ2) is 11.8. The molecule has 11 nitrogen and oxygen atoms in total. The summed E-state index contributed by atoms with van der Waals surface area (Å²) in [6.07, 6.45) is 1.68. The quantitative estimate of drug-likeness (QED) is 0.200. The third-order valence-electron chi connectivity index (χ3n) is 6.77. The molecule has 214 valence electrons. The molecule has 0 radical (unpaired) electrons. The third kappa shape index (κ3) is 5.71. The van der Waals surface area contributed by atoms with Crippen molar-refractivity contribution < 1.29 is 33.8 Å². The van der Waals surface area contributed by atoms with Gasteiger partial charge in [-0.2, -0.15) is 0 Å². The van der Waals surface area contributed by atoms with Crippen LogP contribution in [0.3, 0.4) is 0 Å². The highest BCUT2D eigenvalue weighted by molar-refractivity contribution is 7.80. The summed E-state index contributed by atoms with van der Waals surface area (Å²) in [5, 5.41) is 25.6. The molecular weight excluding hydrogens is 560 g/mol. The monoisotopic (exact) mass is 586 g/mol. The lowest BCUT2D eigenvalue weighted by atomic mass is 10.0. The molecule has 2 atom stereocenters. The van der Waals surface area contributed by atoms with Crippen molar-refractivity contribution in [3.8, 4) is 11.3 Å². The second-order valence-electron chi connectivity index (χ2n) is 9.59. The van der Waals surface area contributed by atoms with Gasteiger partial charge in [-0.25, -0.2) is 9.59 Å². The van der Waals surface area contributed by atoms with Crippen LogP contribution in [0.5, 0.6) is 0 Å². The molecule has 4 N–H and O–H groups in total. The summed E-state index contributed by atoms with van der Waals surface area (Å²) >= 11 is 5.78. The van der Waals surface area contributed by atoms with Gasteiger partial charge in [0.15, 0.2) is 5.11 Å². The number of thiocarbonyl (C=S) groups is 1. The van der Waals surface area contributed by atoms with Crippen molar-refractivity contribution in [3.05, 3.63) is 101 Å². The molecule has 0 unspecified atom stereocenters. The van der Waals surface area contributed by atoms with Gasteiger partial charge < -0.3 is 34.9 Å². The number of carbonyl (C=O) groups excluding carboxylic acids is 1. The third-order valence-corrected chi connectivity index (χ3v) is 7.08. The normalized spacial score (nSPS) is 16.2. The van der Waals surface area contributed by atoms with Gasteiger partial charge in [0.1, 0.15) is 24.2 Å². The van der Waals surface area contributed by atoms with Crippen LogP contribution in [0, 0.1) is 6.92 Å². The van der Waals surface area contributed by atoms with Crippen LogP contribution in [0.1, 0.15) is 49.8 Å². The number of methoxy groups -OCH3 is 1. The van der Waals surface area contributed by atoms with E-state index < -0.39 is 24.0 Å². The summed E-state index contributed by atoms with van der Waals surface area (Å²) in [6, 6.07) is 17.4. The number of ether oxygens (including phenoxy) is 1. The van der Waals surface area contributed by atoms with Gasteiger partial charge in [-0.05, 0) is 85.4 Å². The fourth-order valence-electron chi connectivity index (χ4n) is 4.86. The average molecular weight is 587 g/mol. The number of nitrogens with zero attached hydrogens (tertiary/aromatic N) is 2. The van der Waals surface area contributed by atoms with Gasteiger partial charge in [0.2, 0.25) is 5.91 Å². The number of hydrogen-bond acceptors (Lipinski definition) is 7. The highest BCUT2D eigenvalue weighted by Gasteiger charge is 2.42. The molecule has 5 rings (SSSR count). The summed E-state index contributed by atoms with van der Waals surface area (Å²) in [4.78, 5) is 41.8. The zero-order valence-electron chi connectivity index (χ0n) is 22.5. The van der Waals surface area contributed by atoms with Crippen LogP contribution in [0.4, 0.5) is 11.4 Å². The number of nitrogens with one attached hydrogen (secondary N) is 2. The van der Waals surface area contributed by atoms with E-state index in [1.807, 2.05) is 42.2 Å². The van der Waals surface area contributed by atoms with E-state index in [0.29, 0.717) is 33.6 Å². The molecule has 12 heteroatoms. The molecule has 2 aromatic heterocycles. The topological polar surface area (TPSA) is 154 Å². The Morgan fingerprint density at radius 3 is 2.40 bits per heavy atom. The van der Waals surface area contributed by atoms with Crippen LogP contribution in [0.2, 0.25) is 0 Å². The summed E-state index contributed by atoms with van der Waals surface area (Å²) in [7, 11) is 1.45. The standard InChI is InChI=1S/C30H26N4O7S/c1-16-11-20(6-7-21(16)32-25(35)15-40-2)34-27(26(33-30(34)42)22-5-3-4-10-31-22)24-9-8-23(41-24)17-12-18(28(36)37)14-19(13-17)29(38)39/h3-14,26-27H,15H2,1-2H3,(H,32,35)(H,33,42)(H,36,37)(H,38,39)/t26-,27-/m1/s1. The minimum Gasteiger partial charge on any atom is -0.478 e. The van der Waals surface area contributed by atoms with Crippen molar-refractivity contribution in [1.82, 2.24) is 10.3 Å². The molecule has 0 bridgehead atoms. The van der Waals surface area contributed by atoms with Crippen LogP contribution in [-0.2, 0) is 9.53 Å². The lowest BCUT2D eigenvalue weighted by Gasteiger charge is -2.27. The zero-order chi connectivity index (χ0) is 30.0. The predicted molar refractivity (Wildman–Crippen MR) is 158 cm³/mol. The maximum Gasteiger partial charge on any atom is 0.335 e. The predicted octanol–water partition coefficient (Wildman–Crippen LogP) is 4.81. The van der Waals surface area contributed by atoms with Gasteiger partial charge in [0.05, 0.1) is 22.9 Å². The number of benzene rings is 2. The number of aryl methyl sites for hydroxylation is 1. The van der Waals surface area contributed by atoms with Crippen molar-refractivity contribution in [2.24, 2.45) is 0 Å². The van der Waals surface area contributed by atoms with Crippen LogP contribution in [0.25, 0.3) is 11.3 Å². The largest absolute Gasteiger partial charge is 0.478 e. The molecule has 42 heavy (non-hydrogen) atoms. The van der Waals surface area contributed by atoms with Crippen molar-refractivity contribution in [1.29, 1.82) is 0 Å². The summed E-state index contributed by atoms with van der Waals surface area (Å²) in [5.41, 5.74) is 2.83. The molecule has 4 aromatic rings. The Bertz CT molecular complexity index is 1660. The maximum absolute atomic E-state index is 12.1. The first-order valence-corrected chi connectivity index (χ1v) is 13.2. The lowest BCUT2D eigenvalue weighted by molar-refractivity contribution is -0.119. The summed E-state index contributed by atoms with van der Waals surface area (Å²) < 4.78 is 11.2. The number of pyridine rings is 1. The van der Waals surface area contributed by atoms with Gasteiger partial charge >= 0.3 is 11.9 Å². The van der Waals surface area contributed by atoms with E-state index >= 15 is 0 Å². The first kappa shape index (κ1) is 28.5. The number of carbonyl (C=O) groups is 3. The first-order chi connectivity index (χ1) is 20.2. The Balaban J connectivity index is 1.57. The van der Waals surface area contributed by atoms with E-state index in [4.69, 9.17) is 21.4 Å². The van der Waals surface area contributed by atoms with Crippen LogP contribution >= 0.6 is 12.2 Å². The van der Waals surface area contributed by atoms with Crippen LogP contribution < -0.4 is 15.5 Å². The first-order valence-electron chi connectivity index (χ1n) is 12.8. The molecular formula is C30H26N4O7S. The molecule has 0 aliphatic carbocycles. The highest BCUT2D eigenvalue weighted by Crippen LogP contribution is 2.43. The summed E-state index contributed by atoms with van der Waals surface area (Å²) in [6.45, 7) is 1.80. The number of anilines is 2. The van der Waals surface area contributed by atoms with Gasteiger partial charge in [0.25, 0.3) is 0 Å². The molecule has 0 spiro atoms. The van der Waals surface area contributed by atoms with E-state index in [1.165, 1.54) is 19.2 Å². The molecule has 1 aliphatic rings. The van der Waals surface area contributed by atoms with Crippen LogP contribution in [0.15, 0.2) is 77.3 Å². The smallest absolute Gasteiger partial charge is 0.335 e. The molecule has 1 aliphatic heterocycles. The Hall–Kier alpha value is -5.07. The Morgan fingerprint density at radius 1 is 1.05 bits per heavy atom. The SMILES string of the molecule is COCC(=O)Nc1ccc(N2C(=S)N[C@H](c3ccccn3)[C@H]2c2ccc(-c3cc(C(=O)O)cc(C(=O)O)c3)o2)cc1C. The Kier molecular flexibility index (Phi) is 8.00. The van der Waals surface area contributed by atoms with Gasteiger partial charge in [0, 0.05) is 30.2 Å². The number of aromatic nitrogens is 1. The molecule has 3 heterocycles. The van der Waals surface area contributed by atoms with Crippen molar-refractivity contribution >= 4 is 46.6 Å². The number of hydrogen-bond donors (Lipinski definition) is 4. The van der Waals surface area contributed by atoms with Crippen molar-refractivity contribution in [3.63, 3.8) is 0 Å². The molecule has 1 saturated heterocycles. The molecule has 1 fully saturated rings. The number of carboxylic acids is 2. The van der Waals surface area contributed by atoms with Gasteiger partial charge in [-0.1, -0.05) is 6.07 Å². The van der Waals surface area contributed by atoms with E-state index in [9.17, 15) is 24.6 Å². The second-order valence-corrected chi connectivity index (χ2v) is 9.98.